The van der Waals surface area contributed by atoms with Crippen LogP contribution < -0.4 is 10.2 Å². The molecule has 1 unspecified atom stereocenters. The zero-order chi connectivity index (χ0) is 19.3. The number of fused-ring (bicyclic) bond motifs is 1. The number of nitrogens with zero attached hydrogens (tertiary/aromatic N) is 2. The van der Waals surface area contributed by atoms with Crippen LogP contribution in [0.15, 0.2) is 60.9 Å². The summed E-state index contributed by atoms with van der Waals surface area (Å²) < 4.78 is 5.47. The van der Waals surface area contributed by atoms with Crippen LogP contribution in [0.5, 0.6) is 0 Å². The molecule has 3 aromatic rings. The molecule has 1 aliphatic rings. The minimum absolute atomic E-state index is 0.190. The fraction of sp³-hybridized carbons (Fsp3) is 0.304. The van der Waals surface area contributed by atoms with Crippen LogP contribution in [0.2, 0.25) is 0 Å². The van der Waals surface area contributed by atoms with Crippen LogP contribution in [-0.2, 0) is 9.53 Å². The first-order chi connectivity index (χ1) is 13.8. The standard InChI is InChI=1S/C23H25N3O2/c1-28-22(17-8-4-2-5-9-17)23(27)25-20-10-11-21(26-14-6-3-7-15-26)18-12-13-24-16-19(18)20/h2,4-5,8-13,16,22H,3,6-7,14-15H2,1H3,(H,25,27). The van der Waals surface area contributed by atoms with Gasteiger partial charge >= 0.3 is 0 Å². The van der Waals surface area contributed by atoms with Crippen molar-refractivity contribution in [2.45, 2.75) is 25.4 Å². The number of nitrogens with one attached hydrogen (secondary N) is 1. The maximum absolute atomic E-state index is 12.9. The van der Waals surface area contributed by atoms with Crippen molar-refractivity contribution in [1.82, 2.24) is 4.98 Å². The number of methoxy groups -OCH3 is 1. The molecular weight excluding hydrogens is 350 g/mol. The molecule has 1 atom stereocenters. The molecule has 0 aliphatic carbocycles. The first kappa shape index (κ1) is 18.4. The van der Waals surface area contributed by atoms with E-state index in [4.69, 9.17) is 4.74 Å². The molecule has 0 radical (unpaired) electrons. The van der Waals surface area contributed by atoms with Crippen LogP contribution in [0.1, 0.15) is 30.9 Å². The van der Waals surface area contributed by atoms with Gasteiger partial charge in [0.1, 0.15) is 0 Å². The van der Waals surface area contributed by atoms with Crippen LogP contribution in [-0.4, -0.2) is 31.1 Å². The lowest BCUT2D eigenvalue weighted by molar-refractivity contribution is -0.126. The van der Waals surface area contributed by atoms with E-state index in [9.17, 15) is 4.79 Å². The molecule has 2 heterocycles. The number of rotatable bonds is 5. The van der Waals surface area contributed by atoms with E-state index in [2.05, 4.69) is 21.3 Å². The number of pyridine rings is 1. The number of anilines is 2. The monoisotopic (exact) mass is 375 g/mol. The Morgan fingerprint density at radius 3 is 2.57 bits per heavy atom. The van der Waals surface area contributed by atoms with Gasteiger partial charge in [0, 0.05) is 49.1 Å². The Labute approximate surface area is 165 Å². The molecule has 2 aromatic carbocycles. The topological polar surface area (TPSA) is 54.5 Å². The molecular formula is C23H25N3O2. The molecule has 1 N–H and O–H groups in total. The van der Waals surface area contributed by atoms with Crippen molar-refractivity contribution in [3.05, 3.63) is 66.5 Å². The number of hydrogen-bond acceptors (Lipinski definition) is 4. The lowest BCUT2D eigenvalue weighted by Gasteiger charge is -2.30. The van der Waals surface area contributed by atoms with Gasteiger partial charge < -0.3 is 15.0 Å². The maximum Gasteiger partial charge on any atom is 0.258 e. The van der Waals surface area contributed by atoms with E-state index >= 15 is 0 Å². The van der Waals surface area contributed by atoms with E-state index in [1.54, 1.807) is 7.11 Å². The zero-order valence-electron chi connectivity index (χ0n) is 16.1. The summed E-state index contributed by atoms with van der Waals surface area (Å²) in [6.07, 6.45) is 6.71. The third-order valence-corrected chi connectivity index (χ3v) is 5.33. The van der Waals surface area contributed by atoms with Crippen LogP contribution in [0.25, 0.3) is 10.8 Å². The third-order valence-electron chi connectivity index (χ3n) is 5.33. The highest BCUT2D eigenvalue weighted by Gasteiger charge is 2.21. The Morgan fingerprint density at radius 2 is 1.82 bits per heavy atom. The first-order valence-electron chi connectivity index (χ1n) is 9.78. The molecule has 1 aliphatic heterocycles. The summed E-state index contributed by atoms with van der Waals surface area (Å²) in [4.78, 5) is 19.6. The molecule has 144 valence electrons. The van der Waals surface area contributed by atoms with Gasteiger partial charge in [-0.15, -0.1) is 0 Å². The van der Waals surface area contributed by atoms with Crippen LogP contribution in [0, 0.1) is 0 Å². The van der Waals surface area contributed by atoms with Crippen LogP contribution in [0.4, 0.5) is 11.4 Å². The molecule has 1 fully saturated rings. The largest absolute Gasteiger partial charge is 0.371 e. The number of amides is 1. The Morgan fingerprint density at radius 1 is 1.04 bits per heavy atom. The minimum atomic E-state index is -0.658. The predicted octanol–water partition coefficient (Wildman–Crippen LogP) is 4.55. The number of aromatic nitrogens is 1. The Hall–Kier alpha value is -2.92. The van der Waals surface area contributed by atoms with E-state index in [1.165, 1.54) is 24.9 Å². The van der Waals surface area contributed by atoms with Crippen molar-refractivity contribution >= 4 is 28.1 Å². The second-order valence-electron chi connectivity index (χ2n) is 7.12. The van der Waals surface area contributed by atoms with Crippen molar-refractivity contribution in [2.24, 2.45) is 0 Å². The summed E-state index contributed by atoms with van der Waals surface area (Å²) in [5.74, 6) is -0.190. The fourth-order valence-corrected chi connectivity index (χ4v) is 3.91. The number of hydrogen-bond donors (Lipinski definition) is 1. The highest BCUT2D eigenvalue weighted by molar-refractivity contribution is 6.07. The van der Waals surface area contributed by atoms with Gasteiger partial charge in [-0.2, -0.15) is 0 Å². The van der Waals surface area contributed by atoms with Gasteiger partial charge in [0.2, 0.25) is 0 Å². The smallest absolute Gasteiger partial charge is 0.258 e. The quantitative estimate of drug-likeness (QED) is 0.711. The number of ether oxygens (including phenoxy) is 1. The average molecular weight is 375 g/mol. The minimum Gasteiger partial charge on any atom is -0.371 e. The van der Waals surface area contributed by atoms with E-state index in [-0.39, 0.29) is 5.91 Å². The molecule has 0 spiro atoms. The molecule has 1 saturated heterocycles. The number of benzene rings is 2. The summed E-state index contributed by atoms with van der Waals surface area (Å²) in [5.41, 5.74) is 2.79. The predicted molar refractivity (Wildman–Crippen MR) is 113 cm³/mol. The summed E-state index contributed by atoms with van der Waals surface area (Å²) >= 11 is 0. The van der Waals surface area contributed by atoms with Crippen molar-refractivity contribution in [3.8, 4) is 0 Å². The van der Waals surface area contributed by atoms with Crippen molar-refractivity contribution < 1.29 is 9.53 Å². The number of carbonyl (C=O) groups excluding carboxylic acids is 1. The molecule has 5 nitrogen and oxygen atoms in total. The summed E-state index contributed by atoms with van der Waals surface area (Å²) in [7, 11) is 1.55. The Bertz CT molecular complexity index is 952. The maximum atomic E-state index is 12.9. The lowest BCUT2D eigenvalue weighted by Crippen LogP contribution is -2.29. The highest BCUT2D eigenvalue weighted by Crippen LogP contribution is 2.33. The second-order valence-corrected chi connectivity index (χ2v) is 7.12. The van der Waals surface area contributed by atoms with E-state index in [1.807, 2.05) is 54.9 Å². The SMILES string of the molecule is COC(C(=O)Nc1ccc(N2CCCCC2)c2ccncc12)c1ccccc1. The fourth-order valence-electron chi connectivity index (χ4n) is 3.91. The lowest BCUT2D eigenvalue weighted by atomic mass is 10.0. The molecule has 0 bridgehead atoms. The summed E-state index contributed by atoms with van der Waals surface area (Å²) in [6.45, 7) is 2.14. The Kier molecular flexibility index (Phi) is 5.53. The third kappa shape index (κ3) is 3.71. The number of piperidine rings is 1. The molecule has 5 heteroatoms. The number of carbonyl (C=O) groups is 1. The van der Waals surface area contributed by atoms with Crippen LogP contribution >= 0.6 is 0 Å². The highest BCUT2D eigenvalue weighted by atomic mass is 16.5. The van der Waals surface area contributed by atoms with Gasteiger partial charge in [-0.05, 0) is 43.0 Å². The molecule has 1 amide bonds. The van der Waals surface area contributed by atoms with Crippen molar-refractivity contribution in [3.63, 3.8) is 0 Å². The molecule has 28 heavy (non-hydrogen) atoms. The van der Waals surface area contributed by atoms with Gasteiger partial charge in [-0.3, -0.25) is 9.78 Å². The zero-order valence-corrected chi connectivity index (χ0v) is 16.1. The van der Waals surface area contributed by atoms with Gasteiger partial charge in [0.05, 0.1) is 5.69 Å². The normalized spacial score (nSPS) is 15.4. The van der Waals surface area contributed by atoms with E-state index in [0.29, 0.717) is 0 Å². The van der Waals surface area contributed by atoms with Gasteiger partial charge in [0.25, 0.3) is 5.91 Å². The second kappa shape index (κ2) is 8.40. The molecule has 4 rings (SSSR count). The summed E-state index contributed by atoms with van der Waals surface area (Å²) in [6, 6.07) is 15.6. The molecule has 1 aromatic heterocycles. The van der Waals surface area contributed by atoms with E-state index in [0.717, 1.165) is 35.1 Å². The average Bonchev–Trinajstić information content (AvgIpc) is 2.76. The van der Waals surface area contributed by atoms with Crippen molar-refractivity contribution in [1.29, 1.82) is 0 Å². The van der Waals surface area contributed by atoms with Gasteiger partial charge in [-0.25, -0.2) is 0 Å². The van der Waals surface area contributed by atoms with E-state index < -0.39 is 6.10 Å². The van der Waals surface area contributed by atoms with Gasteiger partial charge in [-0.1, -0.05) is 30.3 Å². The van der Waals surface area contributed by atoms with Gasteiger partial charge in [0.15, 0.2) is 6.10 Å². The molecule has 0 saturated carbocycles. The van der Waals surface area contributed by atoms with Crippen LogP contribution in [0.3, 0.4) is 0 Å². The Balaban J connectivity index is 1.65. The van der Waals surface area contributed by atoms with Crippen molar-refractivity contribution in [2.75, 3.05) is 30.4 Å². The summed E-state index contributed by atoms with van der Waals surface area (Å²) in [5, 5.41) is 5.10. The first-order valence-corrected chi connectivity index (χ1v) is 9.78.